The number of carbonyl (C=O) groups is 1. The highest BCUT2D eigenvalue weighted by atomic mass is 35.5. The largest absolute Gasteiger partial charge is 0.495 e. The van der Waals surface area contributed by atoms with E-state index in [0.29, 0.717) is 53.3 Å². The summed E-state index contributed by atoms with van der Waals surface area (Å²) >= 11 is 6.05. The molecule has 0 radical (unpaired) electrons. The lowest BCUT2D eigenvalue weighted by Crippen LogP contribution is -2.49. The molecule has 4 aromatic rings. The van der Waals surface area contributed by atoms with Crippen molar-refractivity contribution in [3.05, 3.63) is 81.7 Å². The van der Waals surface area contributed by atoms with E-state index >= 15 is 0 Å². The summed E-state index contributed by atoms with van der Waals surface area (Å²) in [5.41, 5.74) is 2.29. The molecule has 2 aromatic heterocycles. The van der Waals surface area contributed by atoms with Gasteiger partial charge in [0.05, 0.1) is 29.3 Å². The molecule has 1 fully saturated rings. The molecule has 0 saturated carbocycles. The molecular formula is C24H21ClN4O3. The number of fused-ring (bicyclic) bond motifs is 2. The SMILES string of the molecule is COc1ccccc1N1CCN(C(=O)c2ccc3nc4ccc(Cl)cc4c(=O)n3c2)CC1. The first-order chi connectivity index (χ1) is 15.5. The molecule has 0 spiro atoms. The second kappa shape index (κ2) is 8.16. The van der Waals surface area contributed by atoms with Gasteiger partial charge < -0.3 is 14.5 Å². The highest BCUT2D eigenvalue weighted by molar-refractivity contribution is 6.31. The summed E-state index contributed by atoms with van der Waals surface area (Å²) in [4.78, 5) is 34.7. The van der Waals surface area contributed by atoms with E-state index in [-0.39, 0.29) is 11.5 Å². The van der Waals surface area contributed by atoms with Crippen LogP contribution in [0.25, 0.3) is 16.6 Å². The van der Waals surface area contributed by atoms with E-state index < -0.39 is 0 Å². The van der Waals surface area contributed by atoms with Crippen molar-refractivity contribution in [1.82, 2.24) is 14.3 Å². The molecule has 0 aliphatic carbocycles. The summed E-state index contributed by atoms with van der Waals surface area (Å²) in [6.07, 6.45) is 1.57. The minimum Gasteiger partial charge on any atom is -0.495 e. The first kappa shape index (κ1) is 20.3. The highest BCUT2D eigenvalue weighted by Gasteiger charge is 2.24. The Morgan fingerprint density at radius 2 is 1.81 bits per heavy atom. The molecule has 2 aromatic carbocycles. The Kier molecular flexibility index (Phi) is 5.19. The Morgan fingerprint density at radius 3 is 2.59 bits per heavy atom. The molecule has 0 bridgehead atoms. The summed E-state index contributed by atoms with van der Waals surface area (Å²) in [5.74, 6) is 0.714. The van der Waals surface area contributed by atoms with Crippen LogP contribution in [0.2, 0.25) is 5.02 Å². The predicted octanol–water partition coefficient (Wildman–Crippen LogP) is 3.47. The fraction of sp³-hybridized carbons (Fsp3) is 0.208. The number of methoxy groups -OCH3 is 1. The van der Waals surface area contributed by atoms with Crippen LogP contribution in [0.3, 0.4) is 0 Å². The standard InChI is InChI=1S/C24H21ClN4O3/c1-32-21-5-3-2-4-20(21)27-10-12-28(13-11-27)23(30)16-6-9-22-26-19-8-7-17(25)14-18(19)24(31)29(22)15-16/h2-9,14-15H,10-13H2,1H3. The molecule has 8 heteroatoms. The van der Waals surface area contributed by atoms with Crippen molar-refractivity contribution in [1.29, 1.82) is 0 Å². The number of rotatable bonds is 3. The van der Waals surface area contributed by atoms with Gasteiger partial charge in [-0.3, -0.25) is 14.0 Å². The van der Waals surface area contributed by atoms with Crippen molar-refractivity contribution in [2.45, 2.75) is 0 Å². The van der Waals surface area contributed by atoms with Gasteiger partial charge in [-0.2, -0.15) is 0 Å². The predicted molar refractivity (Wildman–Crippen MR) is 125 cm³/mol. The Hall–Kier alpha value is -3.58. The average Bonchev–Trinajstić information content (AvgIpc) is 2.84. The molecule has 3 heterocycles. The second-order valence-electron chi connectivity index (χ2n) is 7.68. The van der Waals surface area contributed by atoms with Gasteiger partial charge in [-0.25, -0.2) is 4.98 Å². The van der Waals surface area contributed by atoms with Crippen molar-refractivity contribution in [2.75, 3.05) is 38.2 Å². The molecular weight excluding hydrogens is 428 g/mol. The molecule has 0 atom stereocenters. The highest BCUT2D eigenvalue weighted by Crippen LogP contribution is 2.28. The lowest BCUT2D eigenvalue weighted by atomic mass is 10.2. The molecule has 0 N–H and O–H groups in total. The van der Waals surface area contributed by atoms with Gasteiger partial charge >= 0.3 is 0 Å². The van der Waals surface area contributed by atoms with Crippen molar-refractivity contribution < 1.29 is 9.53 Å². The average molecular weight is 449 g/mol. The van der Waals surface area contributed by atoms with E-state index in [1.165, 1.54) is 4.40 Å². The number of aromatic nitrogens is 2. The zero-order valence-corrected chi connectivity index (χ0v) is 18.2. The molecule has 32 heavy (non-hydrogen) atoms. The minimum absolute atomic E-state index is 0.107. The van der Waals surface area contributed by atoms with E-state index in [0.717, 1.165) is 11.4 Å². The van der Waals surface area contributed by atoms with Crippen molar-refractivity contribution in [3.63, 3.8) is 0 Å². The number of benzene rings is 2. The smallest absolute Gasteiger partial charge is 0.265 e. The van der Waals surface area contributed by atoms with Crippen molar-refractivity contribution in [2.24, 2.45) is 0 Å². The van der Waals surface area contributed by atoms with Crippen LogP contribution in [0.5, 0.6) is 5.75 Å². The molecule has 1 aliphatic rings. The van der Waals surface area contributed by atoms with E-state index in [1.54, 1.807) is 43.6 Å². The maximum absolute atomic E-state index is 13.2. The first-order valence-electron chi connectivity index (χ1n) is 10.3. The zero-order valence-electron chi connectivity index (χ0n) is 17.5. The lowest BCUT2D eigenvalue weighted by Gasteiger charge is -2.36. The van der Waals surface area contributed by atoms with Crippen LogP contribution in [-0.4, -0.2) is 53.5 Å². The molecule has 0 unspecified atom stereocenters. The van der Waals surface area contributed by atoms with Gasteiger partial charge in [0, 0.05) is 37.4 Å². The molecule has 7 nitrogen and oxygen atoms in total. The number of piperazine rings is 1. The topological polar surface area (TPSA) is 67.2 Å². The van der Waals surface area contributed by atoms with E-state index in [2.05, 4.69) is 9.88 Å². The normalized spacial score (nSPS) is 14.2. The summed E-state index contributed by atoms with van der Waals surface area (Å²) in [6, 6.07) is 16.3. The van der Waals surface area contributed by atoms with Gasteiger partial charge in [0.1, 0.15) is 11.4 Å². The molecule has 1 aliphatic heterocycles. The quantitative estimate of drug-likeness (QED) is 0.449. The van der Waals surface area contributed by atoms with Gasteiger partial charge in [0.25, 0.3) is 11.5 Å². The van der Waals surface area contributed by atoms with Crippen molar-refractivity contribution in [3.8, 4) is 5.75 Å². The molecule has 162 valence electrons. The van der Waals surface area contributed by atoms with Gasteiger partial charge in [-0.05, 0) is 42.5 Å². The third-order valence-corrected chi connectivity index (χ3v) is 6.04. The Labute approximate surface area is 189 Å². The summed E-state index contributed by atoms with van der Waals surface area (Å²) in [7, 11) is 1.66. The summed E-state index contributed by atoms with van der Waals surface area (Å²) in [6.45, 7) is 2.56. The molecule has 1 amide bonds. The number of para-hydroxylation sites is 2. The van der Waals surface area contributed by atoms with Crippen LogP contribution in [0.4, 0.5) is 5.69 Å². The fourth-order valence-corrected chi connectivity index (χ4v) is 4.30. The number of carbonyl (C=O) groups excluding carboxylic acids is 1. The maximum atomic E-state index is 13.2. The maximum Gasteiger partial charge on any atom is 0.265 e. The van der Waals surface area contributed by atoms with Crippen LogP contribution in [0, 0.1) is 0 Å². The number of halogens is 1. The molecule has 5 rings (SSSR count). The fourth-order valence-electron chi connectivity index (χ4n) is 4.13. The second-order valence-corrected chi connectivity index (χ2v) is 8.11. The monoisotopic (exact) mass is 448 g/mol. The lowest BCUT2D eigenvalue weighted by molar-refractivity contribution is 0.0746. The first-order valence-corrected chi connectivity index (χ1v) is 10.7. The number of nitrogens with zero attached hydrogens (tertiary/aromatic N) is 4. The number of ether oxygens (including phenoxy) is 1. The minimum atomic E-state index is -0.247. The third kappa shape index (κ3) is 3.54. The number of hydrogen-bond acceptors (Lipinski definition) is 5. The van der Waals surface area contributed by atoms with E-state index in [1.807, 2.05) is 29.2 Å². The van der Waals surface area contributed by atoms with Crippen LogP contribution in [0.1, 0.15) is 10.4 Å². The summed E-state index contributed by atoms with van der Waals surface area (Å²) < 4.78 is 6.88. The Morgan fingerprint density at radius 1 is 1.03 bits per heavy atom. The van der Waals surface area contributed by atoms with E-state index in [9.17, 15) is 9.59 Å². The van der Waals surface area contributed by atoms with Crippen molar-refractivity contribution >= 4 is 39.7 Å². The summed E-state index contributed by atoms with van der Waals surface area (Å²) in [5, 5.41) is 0.890. The molecule has 1 saturated heterocycles. The van der Waals surface area contributed by atoms with Gasteiger partial charge in [-0.15, -0.1) is 0 Å². The number of amides is 1. The van der Waals surface area contributed by atoms with Gasteiger partial charge in [-0.1, -0.05) is 23.7 Å². The number of anilines is 1. The Balaban J connectivity index is 1.40. The third-order valence-electron chi connectivity index (χ3n) is 5.81. The van der Waals surface area contributed by atoms with Crippen LogP contribution >= 0.6 is 11.6 Å². The van der Waals surface area contributed by atoms with Crippen LogP contribution in [-0.2, 0) is 0 Å². The zero-order chi connectivity index (χ0) is 22.2. The van der Waals surface area contributed by atoms with Gasteiger partial charge in [0.15, 0.2) is 0 Å². The van der Waals surface area contributed by atoms with Crippen LogP contribution in [0.15, 0.2) is 65.6 Å². The Bertz CT molecular complexity index is 1390. The van der Waals surface area contributed by atoms with Crippen LogP contribution < -0.4 is 15.2 Å². The van der Waals surface area contributed by atoms with E-state index in [4.69, 9.17) is 16.3 Å². The number of hydrogen-bond donors (Lipinski definition) is 0. The van der Waals surface area contributed by atoms with Gasteiger partial charge in [0.2, 0.25) is 0 Å². The number of pyridine rings is 1.